The maximum Gasteiger partial charge on any atom is 0.176 e. The van der Waals surface area contributed by atoms with E-state index in [1.807, 2.05) is 0 Å². The summed E-state index contributed by atoms with van der Waals surface area (Å²) in [5, 5.41) is 19.8. The first kappa shape index (κ1) is 15.3. The molecule has 4 atom stereocenters. The molecule has 20 heavy (non-hydrogen) atoms. The van der Waals surface area contributed by atoms with Crippen molar-refractivity contribution in [2.45, 2.75) is 38.6 Å². The van der Waals surface area contributed by atoms with Gasteiger partial charge in [-0.25, -0.2) is 0 Å². The lowest BCUT2D eigenvalue weighted by atomic mass is 9.82. The monoisotopic (exact) mass is 299 g/mol. The number of allylic oxidation sites excluding steroid dienone is 1. The predicted octanol–water partition coefficient (Wildman–Crippen LogP) is -0.0895. The first-order valence-corrected chi connectivity index (χ1v) is 7.69. The van der Waals surface area contributed by atoms with E-state index in [4.69, 9.17) is 5.73 Å². The number of hydrogen-bond acceptors (Lipinski definition) is 6. The summed E-state index contributed by atoms with van der Waals surface area (Å²) in [5.41, 5.74) is 5.78. The number of aliphatic hydroxyl groups excluding tert-OH is 2. The highest BCUT2D eigenvalue weighted by atomic mass is 32.2. The molecular weight excluding hydrogens is 278 g/mol. The lowest BCUT2D eigenvalue weighted by Gasteiger charge is -2.52. The molecule has 0 radical (unpaired) electrons. The van der Waals surface area contributed by atoms with E-state index in [1.54, 1.807) is 23.6 Å². The van der Waals surface area contributed by atoms with E-state index in [-0.39, 0.29) is 17.7 Å². The standard InChI is InChI=1S/C13H21N3O3S/c1-7(17)11-9-5-10(20-4-3-15-6-14)12(8(2)18)16(9)13(11)19/h6-7,9,11,13,17,19H,3-5H2,1-2H3,(H2,14,15). The number of hydrogen-bond donors (Lipinski definition) is 3. The topological polar surface area (TPSA) is 99.2 Å². The van der Waals surface area contributed by atoms with Crippen LogP contribution in [0.4, 0.5) is 0 Å². The Hall–Kier alpha value is -1.05. The van der Waals surface area contributed by atoms with Crippen LogP contribution in [0.5, 0.6) is 0 Å². The molecule has 1 fully saturated rings. The Morgan fingerprint density at radius 2 is 2.40 bits per heavy atom. The molecule has 4 unspecified atom stereocenters. The number of aliphatic hydroxyl groups is 2. The predicted molar refractivity (Wildman–Crippen MR) is 79.1 cm³/mol. The van der Waals surface area contributed by atoms with Crippen molar-refractivity contribution in [1.82, 2.24) is 4.90 Å². The number of fused-ring (bicyclic) bond motifs is 1. The Balaban J connectivity index is 2.09. The maximum absolute atomic E-state index is 11.8. The van der Waals surface area contributed by atoms with Crippen LogP contribution in [0.3, 0.4) is 0 Å². The second-order valence-corrected chi connectivity index (χ2v) is 6.33. The van der Waals surface area contributed by atoms with Crippen LogP contribution < -0.4 is 5.73 Å². The molecule has 7 heteroatoms. The van der Waals surface area contributed by atoms with E-state index in [2.05, 4.69) is 4.99 Å². The normalized spacial score (nSPS) is 30.6. The van der Waals surface area contributed by atoms with E-state index >= 15 is 0 Å². The molecule has 0 amide bonds. The van der Waals surface area contributed by atoms with Gasteiger partial charge >= 0.3 is 0 Å². The van der Waals surface area contributed by atoms with Crippen molar-refractivity contribution in [2.24, 2.45) is 16.6 Å². The zero-order valence-electron chi connectivity index (χ0n) is 11.7. The lowest BCUT2D eigenvalue weighted by molar-refractivity contribution is -0.181. The Morgan fingerprint density at radius 1 is 1.70 bits per heavy atom. The van der Waals surface area contributed by atoms with Crippen molar-refractivity contribution >= 4 is 23.9 Å². The van der Waals surface area contributed by atoms with Gasteiger partial charge in [-0.2, -0.15) is 0 Å². The fraction of sp³-hybridized carbons (Fsp3) is 0.692. The van der Waals surface area contributed by atoms with Crippen LogP contribution in [-0.2, 0) is 4.79 Å². The van der Waals surface area contributed by atoms with Gasteiger partial charge in [0.05, 0.1) is 30.6 Å². The van der Waals surface area contributed by atoms with E-state index in [0.29, 0.717) is 18.7 Å². The van der Waals surface area contributed by atoms with Crippen molar-refractivity contribution in [1.29, 1.82) is 0 Å². The molecule has 4 N–H and O–H groups in total. The molecule has 0 aromatic heterocycles. The van der Waals surface area contributed by atoms with Crippen molar-refractivity contribution < 1.29 is 15.0 Å². The fourth-order valence-corrected chi connectivity index (χ4v) is 4.12. The minimum Gasteiger partial charge on any atom is -0.393 e. The number of aliphatic imine (C=N–C) groups is 1. The molecule has 0 saturated carbocycles. The van der Waals surface area contributed by atoms with Gasteiger partial charge in [0.25, 0.3) is 0 Å². The van der Waals surface area contributed by atoms with Crippen LogP contribution in [0.15, 0.2) is 15.6 Å². The summed E-state index contributed by atoms with van der Waals surface area (Å²) >= 11 is 1.58. The van der Waals surface area contributed by atoms with Gasteiger partial charge in [0.15, 0.2) is 5.78 Å². The second-order valence-electron chi connectivity index (χ2n) is 5.14. The molecule has 2 heterocycles. The summed E-state index contributed by atoms with van der Waals surface area (Å²) < 4.78 is 0. The van der Waals surface area contributed by atoms with Crippen molar-refractivity contribution in [3.05, 3.63) is 10.6 Å². The van der Waals surface area contributed by atoms with Crippen molar-refractivity contribution in [3.8, 4) is 0 Å². The average Bonchev–Trinajstić information content (AvgIpc) is 2.69. The van der Waals surface area contributed by atoms with Crippen LogP contribution >= 0.6 is 11.8 Å². The molecule has 2 aliphatic heterocycles. The number of ketones is 1. The molecule has 0 aromatic rings. The summed E-state index contributed by atoms with van der Waals surface area (Å²) in [6.45, 7) is 3.79. The SMILES string of the molecule is CC(=O)C1=C(SCCN=CN)CC2C(C(C)O)C(O)N12. The molecule has 0 aliphatic carbocycles. The number of Topliss-reactive ketones (excluding diaryl/α,β-unsaturated/α-hetero) is 1. The van der Waals surface area contributed by atoms with E-state index in [1.165, 1.54) is 13.3 Å². The summed E-state index contributed by atoms with van der Waals surface area (Å²) in [6.07, 6.45) is 0.638. The molecule has 0 bridgehead atoms. The average molecular weight is 299 g/mol. The minimum atomic E-state index is -0.765. The van der Waals surface area contributed by atoms with Crippen LogP contribution in [0.25, 0.3) is 0 Å². The maximum atomic E-state index is 11.8. The van der Waals surface area contributed by atoms with Gasteiger partial charge in [-0.15, -0.1) is 11.8 Å². The van der Waals surface area contributed by atoms with Gasteiger partial charge in [0, 0.05) is 30.0 Å². The zero-order valence-corrected chi connectivity index (χ0v) is 12.5. The summed E-state index contributed by atoms with van der Waals surface area (Å²) in [5.74, 6) is 0.514. The highest BCUT2D eigenvalue weighted by Gasteiger charge is 2.55. The number of nitrogens with two attached hydrogens (primary N) is 1. The Kier molecular flexibility index (Phi) is 4.72. The lowest BCUT2D eigenvalue weighted by Crippen LogP contribution is -2.64. The van der Waals surface area contributed by atoms with Crippen molar-refractivity contribution in [2.75, 3.05) is 12.3 Å². The molecular formula is C13H21N3O3S. The van der Waals surface area contributed by atoms with E-state index < -0.39 is 12.3 Å². The molecule has 1 saturated heterocycles. The third-order valence-corrected chi connectivity index (χ3v) is 4.94. The van der Waals surface area contributed by atoms with Gasteiger partial charge in [0.1, 0.15) is 6.23 Å². The van der Waals surface area contributed by atoms with Gasteiger partial charge in [0.2, 0.25) is 0 Å². The van der Waals surface area contributed by atoms with Crippen LogP contribution in [0.1, 0.15) is 20.3 Å². The Bertz CT molecular complexity index is 450. The highest BCUT2D eigenvalue weighted by molar-refractivity contribution is 8.03. The number of thioether (sulfide) groups is 1. The van der Waals surface area contributed by atoms with Gasteiger partial charge in [-0.05, 0) is 6.92 Å². The van der Waals surface area contributed by atoms with Crippen LogP contribution in [0.2, 0.25) is 0 Å². The molecule has 2 rings (SSSR count). The quantitative estimate of drug-likeness (QED) is 0.360. The molecule has 2 aliphatic rings. The summed E-state index contributed by atoms with van der Waals surface area (Å²) in [6, 6.07) is 0.0319. The van der Waals surface area contributed by atoms with Gasteiger partial charge < -0.3 is 20.8 Å². The first-order chi connectivity index (χ1) is 9.49. The number of carbonyl (C=O) groups excluding carboxylic acids is 1. The number of rotatable bonds is 6. The Labute approximate surface area is 122 Å². The van der Waals surface area contributed by atoms with Gasteiger partial charge in [-0.3, -0.25) is 9.79 Å². The molecule has 0 spiro atoms. The fourth-order valence-electron chi connectivity index (χ4n) is 3.00. The van der Waals surface area contributed by atoms with E-state index in [0.717, 1.165) is 10.7 Å². The second kappa shape index (κ2) is 6.15. The highest BCUT2D eigenvalue weighted by Crippen LogP contribution is 2.49. The molecule has 112 valence electrons. The van der Waals surface area contributed by atoms with Gasteiger partial charge in [-0.1, -0.05) is 0 Å². The minimum absolute atomic E-state index is 0.0319. The Morgan fingerprint density at radius 3 is 2.95 bits per heavy atom. The van der Waals surface area contributed by atoms with E-state index in [9.17, 15) is 15.0 Å². The molecule has 0 aromatic carbocycles. The summed E-state index contributed by atoms with van der Waals surface area (Å²) in [4.78, 5) is 18.5. The summed E-state index contributed by atoms with van der Waals surface area (Å²) in [7, 11) is 0. The largest absolute Gasteiger partial charge is 0.393 e. The first-order valence-electron chi connectivity index (χ1n) is 6.70. The van der Waals surface area contributed by atoms with Crippen LogP contribution in [-0.4, -0.2) is 57.9 Å². The number of nitrogens with zero attached hydrogens (tertiary/aromatic N) is 2. The van der Waals surface area contributed by atoms with Crippen LogP contribution in [0, 0.1) is 5.92 Å². The zero-order chi connectivity index (χ0) is 14.9. The molecule has 6 nitrogen and oxygen atoms in total. The smallest absolute Gasteiger partial charge is 0.176 e. The third kappa shape index (κ3) is 2.57. The number of carbonyl (C=O) groups is 1. The van der Waals surface area contributed by atoms with Crippen molar-refractivity contribution in [3.63, 3.8) is 0 Å². The third-order valence-electron chi connectivity index (χ3n) is 3.84.